The van der Waals surface area contributed by atoms with E-state index in [9.17, 15) is 9.59 Å². The molecule has 2 amide bonds. The second-order valence-electron chi connectivity index (χ2n) is 5.21. The molecule has 1 aromatic carbocycles. The molecule has 0 aliphatic carbocycles. The summed E-state index contributed by atoms with van der Waals surface area (Å²) in [6.07, 6.45) is 3.34. The number of benzene rings is 1. The van der Waals surface area contributed by atoms with Gasteiger partial charge in [0, 0.05) is 5.69 Å². The second kappa shape index (κ2) is 5.42. The summed E-state index contributed by atoms with van der Waals surface area (Å²) in [6, 6.07) is 3.30. The van der Waals surface area contributed by atoms with Gasteiger partial charge in [0.25, 0.3) is 0 Å². The molecule has 0 aromatic heterocycles. The normalized spacial score (nSPS) is 21.2. The highest BCUT2D eigenvalue weighted by Crippen LogP contribution is 2.33. The van der Waals surface area contributed by atoms with Crippen molar-refractivity contribution in [3.05, 3.63) is 22.7 Å². The zero-order valence-corrected chi connectivity index (χ0v) is 11.7. The van der Waals surface area contributed by atoms with Crippen molar-refractivity contribution in [2.45, 2.75) is 31.7 Å². The van der Waals surface area contributed by atoms with Gasteiger partial charge in [0.1, 0.15) is 0 Å². The molecule has 2 aliphatic rings. The number of rotatable bonds is 2. The van der Waals surface area contributed by atoms with Crippen LogP contribution >= 0.6 is 11.6 Å². The quantitative estimate of drug-likeness (QED) is 0.780. The lowest BCUT2D eigenvalue weighted by Crippen LogP contribution is -2.43. The fourth-order valence-electron chi connectivity index (χ4n) is 2.64. The largest absolute Gasteiger partial charge is 0.325 e. The number of hydrogen-bond acceptors (Lipinski definition) is 3. The highest BCUT2D eigenvalue weighted by molar-refractivity contribution is 6.34. The molecule has 3 rings (SSSR count). The summed E-state index contributed by atoms with van der Waals surface area (Å²) in [5, 5.41) is 9.22. The van der Waals surface area contributed by atoms with Crippen LogP contribution in [0.1, 0.15) is 24.8 Å². The van der Waals surface area contributed by atoms with Gasteiger partial charge in [-0.1, -0.05) is 18.0 Å². The molecule has 6 heteroatoms. The fraction of sp³-hybridized carbons (Fsp3) is 0.429. The van der Waals surface area contributed by atoms with Crippen molar-refractivity contribution in [3.63, 3.8) is 0 Å². The van der Waals surface area contributed by atoms with Gasteiger partial charge in [-0.2, -0.15) is 0 Å². The maximum atomic E-state index is 12.2. The Hall–Kier alpha value is -1.59. The van der Waals surface area contributed by atoms with Crippen molar-refractivity contribution >= 4 is 34.8 Å². The molecule has 1 aromatic rings. The Bertz CT molecular complexity index is 568. The van der Waals surface area contributed by atoms with E-state index in [1.807, 2.05) is 0 Å². The van der Waals surface area contributed by atoms with Crippen molar-refractivity contribution in [2.24, 2.45) is 0 Å². The first-order valence-electron chi connectivity index (χ1n) is 6.80. The molecule has 3 N–H and O–H groups in total. The van der Waals surface area contributed by atoms with Gasteiger partial charge in [0.05, 0.1) is 23.2 Å². The molecule has 2 aliphatic heterocycles. The van der Waals surface area contributed by atoms with Crippen molar-refractivity contribution in [2.75, 3.05) is 17.2 Å². The standard InChI is InChI=1S/C14H16ClN3O2/c15-9-7-11-8(6-13(19)17-11)5-12(9)18-14(20)10-3-1-2-4-16-10/h5,7,10,16H,1-4,6H2,(H,17,19)(H,18,20)/t10-/m0/s1. The summed E-state index contributed by atoms with van der Waals surface area (Å²) in [5.41, 5.74) is 2.17. The van der Waals surface area contributed by atoms with Gasteiger partial charge >= 0.3 is 0 Å². The molecule has 0 radical (unpaired) electrons. The van der Waals surface area contributed by atoms with Crippen LogP contribution in [0.4, 0.5) is 11.4 Å². The molecular weight excluding hydrogens is 278 g/mol. The minimum atomic E-state index is -0.159. The highest BCUT2D eigenvalue weighted by Gasteiger charge is 2.23. The first-order chi connectivity index (χ1) is 9.63. The Labute approximate surface area is 122 Å². The van der Waals surface area contributed by atoms with Crippen LogP contribution in [0.15, 0.2) is 12.1 Å². The molecular formula is C14H16ClN3O2. The summed E-state index contributed by atoms with van der Waals surface area (Å²) in [4.78, 5) is 23.5. The van der Waals surface area contributed by atoms with Crippen LogP contribution in [-0.4, -0.2) is 24.4 Å². The molecule has 0 saturated carbocycles. The Kier molecular flexibility index (Phi) is 3.63. The van der Waals surface area contributed by atoms with Crippen molar-refractivity contribution in [3.8, 4) is 0 Å². The van der Waals surface area contributed by atoms with Crippen molar-refractivity contribution in [1.29, 1.82) is 0 Å². The molecule has 2 heterocycles. The van der Waals surface area contributed by atoms with E-state index in [0.717, 1.165) is 37.1 Å². The number of nitrogens with one attached hydrogen (secondary N) is 3. The lowest BCUT2D eigenvalue weighted by Gasteiger charge is -2.22. The van der Waals surface area contributed by atoms with E-state index in [1.54, 1.807) is 12.1 Å². The van der Waals surface area contributed by atoms with E-state index < -0.39 is 0 Å². The van der Waals surface area contributed by atoms with Gasteiger partial charge in [-0.25, -0.2) is 0 Å². The zero-order chi connectivity index (χ0) is 14.1. The molecule has 0 spiro atoms. The minimum Gasteiger partial charge on any atom is -0.325 e. The number of anilines is 2. The van der Waals surface area contributed by atoms with Crippen LogP contribution in [0.2, 0.25) is 5.02 Å². The van der Waals surface area contributed by atoms with Crippen LogP contribution in [0, 0.1) is 0 Å². The van der Waals surface area contributed by atoms with Gasteiger partial charge in [0.2, 0.25) is 11.8 Å². The highest BCUT2D eigenvalue weighted by atomic mass is 35.5. The summed E-state index contributed by atoms with van der Waals surface area (Å²) in [5.74, 6) is -0.114. The summed E-state index contributed by atoms with van der Waals surface area (Å²) in [6.45, 7) is 0.869. The Morgan fingerprint density at radius 1 is 1.35 bits per heavy atom. The van der Waals surface area contributed by atoms with Crippen molar-refractivity contribution < 1.29 is 9.59 Å². The van der Waals surface area contributed by atoms with Crippen LogP contribution in [0.3, 0.4) is 0 Å². The van der Waals surface area contributed by atoms with Crippen molar-refractivity contribution in [1.82, 2.24) is 5.32 Å². The predicted molar refractivity (Wildman–Crippen MR) is 78.1 cm³/mol. The van der Waals surface area contributed by atoms with E-state index in [2.05, 4.69) is 16.0 Å². The molecule has 1 saturated heterocycles. The lowest BCUT2D eigenvalue weighted by molar-refractivity contribution is -0.118. The molecule has 1 fully saturated rings. The molecule has 20 heavy (non-hydrogen) atoms. The van der Waals surface area contributed by atoms with E-state index >= 15 is 0 Å². The minimum absolute atomic E-state index is 0.0477. The van der Waals surface area contributed by atoms with Gasteiger partial charge < -0.3 is 16.0 Å². The van der Waals surface area contributed by atoms with E-state index in [0.29, 0.717) is 17.1 Å². The molecule has 106 valence electrons. The maximum Gasteiger partial charge on any atom is 0.241 e. The summed E-state index contributed by atoms with van der Waals surface area (Å²) < 4.78 is 0. The third-order valence-electron chi connectivity index (χ3n) is 3.70. The SMILES string of the molecule is O=C1Cc2cc(NC(=O)[C@@H]3CCCCN3)c(Cl)cc2N1. The molecule has 5 nitrogen and oxygen atoms in total. The van der Waals surface area contributed by atoms with Crippen LogP contribution in [0.5, 0.6) is 0 Å². The maximum absolute atomic E-state index is 12.2. The number of halogens is 1. The fourth-order valence-corrected chi connectivity index (χ4v) is 2.85. The Morgan fingerprint density at radius 3 is 2.95 bits per heavy atom. The van der Waals surface area contributed by atoms with Crippen LogP contribution < -0.4 is 16.0 Å². The van der Waals surface area contributed by atoms with Crippen LogP contribution in [0.25, 0.3) is 0 Å². The summed E-state index contributed by atoms with van der Waals surface area (Å²) >= 11 is 6.15. The van der Waals surface area contributed by atoms with Gasteiger partial charge in [-0.3, -0.25) is 9.59 Å². The van der Waals surface area contributed by atoms with Gasteiger partial charge in [0.15, 0.2) is 0 Å². The molecule has 1 atom stereocenters. The smallest absolute Gasteiger partial charge is 0.241 e. The predicted octanol–water partition coefficient (Wildman–Crippen LogP) is 1.92. The Balaban J connectivity index is 1.76. The number of fused-ring (bicyclic) bond motifs is 1. The van der Waals surface area contributed by atoms with Gasteiger partial charge in [-0.05, 0) is 37.1 Å². The van der Waals surface area contributed by atoms with E-state index in [4.69, 9.17) is 11.6 Å². The number of piperidine rings is 1. The van der Waals surface area contributed by atoms with Gasteiger partial charge in [-0.15, -0.1) is 0 Å². The van der Waals surface area contributed by atoms with E-state index in [1.165, 1.54) is 0 Å². The number of carbonyl (C=O) groups excluding carboxylic acids is 2. The Morgan fingerprint density at radius 2 is 2.20 bits per heavy atom. The number of hydrogen-bond donors (Lipinski definition) is 3. The molecule has 0 unspecified atom stereocenters. The number of amides is 2. The monoisotopic (exact) mass is 293 g/mol. The average molecular weight is 294 g/mol. The number of carbonyl (C=O) groups is 2. The third-order valence-corrected chi connectivity index (χ3v) is 4.02. The topological polar surface area (TPSA) is 70.2 Å². The van der Waals surface area contributed by atoms with Crippen LogP contribution in [-0.2, 0) is 16.0 Å². The molecule has 0 bridgehead atoms. The third kappa shape index (κ3) is 2.64. The average Bonchev–Trinajstić information content (AvgIpc) is 2.79. The lowest BCUT2D eigenvalue weighted by atomic mass is 10.0. The first-order valence-corrected chi connectivity index (χ1v) is 7.18. The first kappa shape index (κ1) is 13.4. The second-order valence-corrected chi connectivity index (χ2v) is 5.61. The summed E-state index contributed by atoms with van der Waals surface area (Å²) in [7, 11) is 0. The zero-order valence-electron chi connectivity index (χ0n) is 11.0. The van der Waals surface area contributed by atoms with E-state index in [-0.39, 0.29) is 17.9 Å².